The van der Waals surface area contributed by atoms with E-state index in [4.69, 9.17) is 0 Å². The maximum absolute atomic E-state index is 12.1. The minimum absolute atomic E-state index is 0.0150. The van der Waals surface area contributed by atoms with Crippen molar-refractivity contribution in [2.45, 2.75) is 13.3 Å². The summed E-state index contributed by atoms with van der Waals surface area (Å²) in [6, 6.07) is 5.44. The van der Waals surface area contributed by atoms with Crippen molar-refractivity contribution >= 4 is 17.5 Å². The van der Waals surface area contributed by atoms with E-state index in [0.29, 0.717) is 17.8 Å². The monoisotopic (exact) mass is 261 g/mol. The van der Waals surface area contributed by atoms with Crippen molar-refractivity contribution in [3.63, 3.8) is 0 Å². The fraction of sp³-hybridized carbons (Fsp3) is 0.429. The highest BCUT2D eigenvalue weighted by Crippen LogP contribution is 2.19. The van der Waals surface area contributed by atoms with Gasteiger partial charge in [-0.25, -0.2) is 0 Å². The molecule has 5 nitrogen and oxygen atoms in total. The number of hydrogen-bond donors (Lipinski definition) is 3. The molecule has 1 aliphatic heterocycles. The molecular weight excluding hydrogens is 242 g/mol. The first kappa shape index (κ1) is 13.5. The molecule has 1 aliphatic rings. The van der Waals surface area contributed by atoms with Crippen LogP contribution in [0.1, 0.15) is 22.3 Å². The van der Waals surface area contributed by atoms with Crippen molar-refractivity contribution < 1.29 is 9.59 Å². The van der Waals surface area contributed by atoms with E-state index in [2.05, 4.69) is 16.0 Å². The van der Waals surface area contributed by atoms with Crippen LogP contribution < -0.4 is 16.0 Å². The van der Waals surface area contributed by atoms with Gasteiger partial charge in [0.15, 0.2) is 0 Å². The van der Waals surface area contributed by atoms with Gasteiger partial charge in [-0.1, -0.05) is 11.6 Å². The minimum Gasteiger partial charge on any atom is -0.355 e. The zero-order chi connectivity index (χ0) is 13.8. The Balaban J connectivity index is 2.19. The van der Waals surface area contributed by atoms with Crippen molar-refractivity contribution in [3.8, 4) is 0 Å². The summed E-state index contributed by atoms with van der Waals surface area (Å²) in [6.07, 6.45) is 0.840. The first-order valence-electron chi connectivity index (χ1n) is 6.46. The van der Waals surface area contributed by atoms with Crippen molar-refractivity contribution in [2.75, 3.05) is 25.5 Å². The zero-order valence-electron chi connectivity index (χ0n) is 11.2. The molecule has 2 rings (SSSR count). The topological polar surface area (TPSA) is 70.2 Å². The van der Waals surface area contributed by atoms with Crippen LogP contribution in [0.2, 0.25) is 0 Å². The molecule has 1 unspecified atom stereocenters. The quantitative estimate of drug-likeness (QED) is 0.757. The summed E-state index contributed by atoms with van der Waals surface area (Å²) < 4.78 is 0. The van der Waals surface area contributed by atoms with Gasteiger partial charge in [0, 0.05) is 13.6 Å². The summed E-state index contributed by atoms with van der Waals surface area (Å²) in [7, 11) is 1.58. The van der Waals surface area contributed by atoms with Gasteiger partial charge in [-0.2, -0.15) is 0 Å². The van der Waals surface area contributed by atoms with Gasteiger partial charge in [-0.3, -0.25) is 9.59 Å². The second-order valence-corrected chi connectivity index (χ2v) is 4.81. The van der Waals surface area contributed by atoms with Gasteiger partial charge in [-0.15, -0.1) is 0 Å². The molecule has 1 atom stereocenters. The normalized spacial score (nSPS) is 18.1. The highest BCUT2D eigenvalue weighted by molar-refractivity contribution is 6.04. The Labute approximate surface area is 112 Å². The second kappa shape index (κ2) is 5.84. The van der Waals surface area contributed by atoms with E-state index in [1.807, 2.05) is 13.0 Å². The Hall–Kier alpha value is -1.88. The van der Waals surface area contributed by atoms with Crippen LogP contribution in [0, 0.1) is 12.8 Å². The van der Waals surface area contributed by atoms with Gasteiger partial charge in [-0.05, 0) is 32.0 Å². The molecule has 1 heterocycles. The number of carbonyl (C=O) groups excluding carboxylic acids is 2. The first-order chi connectivity index (χ1) is 9.11. The molecule has 3 N–H and O–H groups in total. The van der Waals surface area contributed by atoms with Gasteiger partial charge < -0.3 is 16.0 Å². The van der Waals surface area contributed by atoms with Crippen molar-refractivity contribution in [1.29, 1.82) is 0 Å². The Kier molecular flexibility index (Phi) is 4.16. The third-order valence-corrected chi connectivity index (χ3v) is 3.34. The second-order valence-electron chi connectivity index (χ2n) is 4.81. The molecule has 1 aromatic carbocycles. The largest absolute Gasteiger partial charge is 0.355 e. The number of nitrogens with one attached hydrogen (secondary N) is 3. The van der Waals surface area contributed by atoms with Gasteiger partial charge in [0.1, 0.15) is 0 Å². The van der Waals surface area contributed by atoms with Crippen LogP contribution in [0.5, 0.6) is 0 Å². The molecule has 0 aliphatic carbocycles. The molecule has 0 radical (unpaired) electrons. The average Bonchev–Trinajstić information content (AvgIpc) is 2.94. The van der Waals surface area contributed by atoms with Gasteiger partial charge in [0.25, 0.3) is 5.91 Å². The molecule has 19 heavy (non-hydrogen) atoms. The number of aryl methyl sites for hydroxylation is 1. The number of benzene rings is 1. The maximum Gasteiger partial charge on any atom is 0.253 e. The maximum atomic E-state index is 12.1. The van der Waals surface area contributed by atoms with Gasteiger partial charge in [0.05, 0.1) is 17.2 Å². The fourth-order valence-corrected chi connectivity index (χ4v) is 2.20. The number of anilines is 1. The van der Waals surface area contributed by atoms with Crippen LogP contribution in [0.3, 0.4) is 0 Å². The molecule has 1 saturated heterocycles. The summed E-state index contributed by atoms with van der Waals surface area (Å²) in [5.41, 5.74) is 2.06. The Morgan fingerprint density at radius 1 is 1.37 bits per heavy atom. The molecule has 0 aromatic heterocycles. The van der Waals surface area contributed by atoms with Crippen LogP contribution in [0.4, 0.5) is 5.69 Å². The van der Waals surface area contributed by atoms with E-state index in [0.717, 1.165) is 18.5 Å². The van der Waals surface area contributed by atoms with Gasteiger partial charge in [0.2, 0.25) is 5.91 Å². The third kappa shape index (κ3) is 3.12. The Bertz CT molecular complexity index is 493. The molecule has 5 heteroatoms. The Morgan fingerprint density at radius 3 is 2.79 bits per heavy atom. The lowest BCUT2D eigenvalue weighted by Gasteiger charge is -2.13. The number of carbonyl (C=O) groups is 2. The lowest BCUT2D eigenvalue weighted by atomic mass is 10.1. The highest BCUT2D eigenvalue weighted by Gasteiger charge is 2.23. The third-order valence-electron chi connectivity index (χ3n) is 3.34. The van der Waals surface area contributed by atoms with Crippen molar-refractivity contribution in [2.24, 2.45) is 5.92 Å². The molecule has 0 bridgehead atoms. The van der Waals surface area contributed by atoms with Crippen molar-refractivity contribution in [3.05, 3.63) is 29.3 Å². The number of hydrogen-bond acceptors (Lipinski definition) is 3. The lowest BCUT2D eigenvalue weighted by Crippen LogP contribution is -2.27. The summed E-state index contributed by atoms with van der Waals surface area (Å²) in [6.45, 7) is 3.49. The van der Waals surface area contributed by atoms with E-state index in [1.165, 1.54) is 0 Å². The number of amides is 2. The summed E-state index contributed by atoms with van der Waals surface area (Å²) in [4.78, 5) is 23.9. The average molecular weight is 261 g/mol. The standard InChI is InChI=1S/C14H19N3O2/c1-9-3-4-12(11(7-9)14(19)15-2)17-13(18)10-5-6-16-8-10/h3-4,7,10,16H,5-6,8H2,1-2H3,(H,15,19)(H,17,18). The smallest absolute Gasteiger partial charge is 0.253 e. The van der Waals surface area contributed by atoms with Crippen LogP contribution in [-0.4, -0.2) is 32.0 Å². The fourth-order valence-electron chi connectivity index (χ4n) is 2.20. The van der Waals surface area contributed by atoms with Crippen LogP contribution in [-0.2, 0) is 4.79 Å². The predicted octanol–water partition coefficient (Wildman–Crippen LogP) is 0.903. The molecule has 2 amide bonds. The van der Waals surface area contributed by atoms with E-state index in [-0.39, 0.29) is 17.7 Å². The zero-order valence-corrected chi connectivity index (χ0v) is 11.2. The van der Waals surface area contributed by atoms with Crippen LogP contribution in [0.25, 0.3) is 0 Å². The summed E-state index contributed by atoms with van der Waals surface area (Å²) in [5.74, 6) is -0.235. The Morgan fingerprint density at radius 2 is 2.16 bits per heavy atom. The van der Waals surface area contributed by atoms with E-state index < -0.39 is 0 Å². The van der Waals surface area contributed by atoms with Gasteiger partial charge >= 0.3 is 0 Å². The van der Waals surface area contributed by atoms with Crippen molar-refractivity contribution in [1.82, 2.24) is 10.6 Å². The summed E-state index contributed by atoms with van der Waals surface area (Å²) in [5, 5.41) is 8.60. The molecular formula is C14H19N3O2. The minimum atomic E-state index is -0.191. The van der Waals surface area contributed by atoms with E-state index in [9.17, 15) is 9.59 Å². The molecule has 102 valence electrons. The highest BCUT2D eigenvalue weighted by atomic mass is 16.2. The number of rotatable bonds is 3. The van der Waals surface area contributed by atoms with E-state index >= 15 is 0 Å². The molecule has 1 fully saturated rings. The van der Waals surface area contributed by atoms with Crippen LogP contribution >= 0.6 is 0 Å². The van der Waals surface area contributed by atoms with Crippen LogP contribution in [0.15, 0.2) is 18.2 Å². The first-order valence-corrected chi connectivity index (χ1v) is 6.46. The summed E-state index contributed by atoms with van der Waals surface area (Å²) >= 11 is 0. The SMILES string of the molecule is CNC(=O)c1cc(C)ccc1NC(=O)C1CCNC1. The molecule has 0 spiro atoms. The molecule has 1 aromatic rings. The molecule has 0 saturated carbocycles. The predicted molar refractivity (Wildman–Crippen MR) is 74.2 cm³/mol. The van der Waals surface area contributed by atoms with E-state index in [1.54, 1.807) is 19.2 Å². The lowest BCUT2D eigenvalue weighted by molar-refractivity contribution is -0.119.